The zero-order valence-electron chi connectivity index (χ0n) is 69.9. The molecule has 0 radical (unpaired) electrons. The predicted octanol–water partition coefficient (Wildman–Crippen LogP) is -10.6. The van der Waals surface area contributed by atoms with E-state index in [0.717, 1.165) is 9.80 Å². The maximum Gasteiger partial charge on any atom is 0.261 e. The molecule has 696 valence electrons. The summed E-state index contributed by atoms with van der Waals surface area (Å²) in [6.45, 7) is 1.93. The van der Waals surface area contributed by atoms with Crippen molar-refractivity contribution in [3.8, 4) is 11.5 Å². The number of nitrogens with zero attached hydrogens (tertiary/aromatic N) is 2. The molecule has 20 atom stereocenters. The fourth-order valence-electron chi connectivity index (χ4n) is 13.4. The van der Waals surface area contributed by atoms with Gasteiger partial charge in [-0.25, -0.2) is 0 Å². The number of aliphatic hydroxyl groups is 12. The molecule has 20 unspecified atom stereocenters. The van der Waals surface area contributed by atoms with E-state index >= 15 is 0 Å². The van der Waals surface area contributed by atoms with Crippen LogP contribution >= 0.6 is 0 Å². The van der Waals surface area contributed by atoms with Gasteiger partial charge in [0.1, 0.15) is 98.6 Å². The van der Waals surface area contributed by atoms with Crippen molar-refractivity contribution in [2.75, 3.05) is 178 Å². The van der Waals surface area contributed by atoms with Gasteiger partial charge in [0.05, 0.1) is 129 Å². The Balaban J connectivity index is 1.29. The average Bonchev–Trinajstić information content (AvgIpc) is 0.818. The van der Waals surface area contributed by atoms with Crippen molar-refractivity contribution >= 4 is 65.0 Å². The molecule has 2 saturated heterocycles. The summed E-state index contributed by atoms with van der Waals surface area (Å²) in [5, 5.41) is 146. The van der Waals surface area contributed by atoms with Crippen molar-refractivity contribution in [2.24, 2.45) is 17.3 Å². The van der Waals surface area contributed by atoms with Crippen LogP contribution in [-0.4, -0.2) is 424 Å². The van der Waals surface area contributed by atoms with E-state index in [4.69, 9.17) is 56.8 Å². The van der Waals surface area contributed by atoms with Crippen LogP contribution in [0, 0.1) is 17.3 Å². The molecule has 2 heterocycles. The summed E-state index contributed by atoms with van der Waals surface area (Å²) in [7, 11) is 0. The summed E-state index contributed by atoms with van der Waals surface area (Å²) in [6.07, 6.45) is -17.1. The molecule has 1 aromatic rings. The number of carbonyl (C=O) groups excluding carboxylic acids is 11. The second-order valence-corrected chi connectivity index (χ2v) is 30.7. The Bertz CT molecular complexity index is 3060. The first-order valence-electron chi connectivity index (χ1n) is 40.4. The van der Waals surface area contributed by atoms with E-state index in [1.165, 1.54) is 45.9 Å². The number of carbonyl (C=O) groups is 11. The molecule has 46 nitrogen and oxygen atoms in total. The lowest BCUT2D eigenvalue weighted by Crippen LogP contribution is -2.64. The number of ether oxygens (including phenoxy) is 12. The largest absolute Gasteiger partial charge is 0.484 e. The van der Waals surface area contributed by atoms with Crippen molar-refractivity contribution in [2.45, 2.75) is 184 Å². The molecule has 11 amide bonds. The Morgan fingerprint density at radius 1 is 0.393 bits per heavy atom. The van der Waals surface area contributed by atoms with Gasteiger partial charge < -0.3 is 176 Å². The number of hydrogen-bond acceptors (Lipinski definition) is 35. The first-order valence-corrected chi connectivity index (χ1v) is 40.4. The van der Waals surface area contributed by atoms with E-state index in [2.05, 4.69) is 47.9 Å². The first kappa shape index (κ1) is 105. The van der Waals surface area contributed by atoms with Gasteiger partial charge in [0.2, 0.25) is 47.3 Å². The Hall–Kier alpha value is -7.89. The Labute approximate surface area is 705 Å². The molecule has 2 saturated carbocycles. The minimum atomic E-state index is -1.57. The van der Waals surface area contributed by atoms with Gasteiger partial charge in [-0.2, -0.15) is 0 Å². The third-order valence-electron chi connectivity index (χ3n) is 19.7. The van der Waals surface area contributed by atoms with E-state index in [1.807, 2.05) is 20.8 Å². The van der Waals surface area contributed by atoms with E-state index in [9.17, 15) is 114 Å². The average molecular weight is 1750 g/mol. The fourth-order valence-corrected chi connectivity index (χ4v) is 13.4. The number of benzene rings is 1. The lowest BCUT2D eigenvalue weighted by atomic mass is 9.79. The zero-order chi connectivity index (χ0) is 90.2. The molecule has 1 aromatic carbocycles. The van der Waals surface area contributed by atoms with E-state index in [1.54, 1.807) is 0 Å². The summed E-state index contributed by atoms with van der Waals surface area (Å²) >= 11 is 0. The standard InChI is InChI=1S/C76H127N11O35/c1-42(92)82-61-51(29-47(36-88)65(102)69(61)106)115-23-19-111-15-11-77-55(96)32-86(33-56(97)78-12-16-112-20-24-116-52-30-48(37-89)66(103)70(107)62(52)83-43(2)93)59(100)40-119-49-27-46(73(110)81-10-8-9-76(5,6)7)28-50(31-49)120-41-60(101)87(34-57(98)79-13-17-113-21-25-117-74-63(84-44(3)94)71(108)67(104)53(38-90)121-74)35-58(99)80-14-18-114-22-26-118-75-64(85-45(4)95)72(109)68(105)54(39-91)122-75/h27-28,31,47-48,51-54,61-72,74-75,88-91,102-109H,8-26,29-30,32-41H2,1-7H3,(H,77,96)(H,78,97)(H,79,98)(H,80,99)(H,81,110)(H,82,92)(H,83,93)(H,84,94)(H,85,95). The van der Waals surface area contributed by atoms with Gasteiger partial charge >= 0.3 is 0 Å². The third-order valence-corrected chi connectivity index (χ3v) is 19.7. The highest BCUT2D eigenvalue weighted by Crippen LogP contribution is 2.31. The van der Waals surface area contributed by atoms with Crippen LogP contribution in [0.3, 0.4) is 0 Å². The van der Waals surface area contributed by atoms with E-state index in [-0.39, 0.29) is 147 Å². The molecular weight excluding hydrogens is 1630 g/mol. The minimum absolute atomic E-state index is 0.0573. The van der Waals surface area contributed by atoms with Crippen LogP contribution in [0.25, 0.3) is 0 Å². The maximum absolute atomic E-state index is 14.3. The van der Waals surface area contributed by atoms with Gasteiger partial charge in [-0.05, 0) is 43.2 Å². The van der Waals surface area contributed by atoms with Crippen LogP contribution in [0.5, 0.6) is 11.5 Å². The van der Waals surface area contributed by atoms with Gasteiger partial charge in [-0.15, -0.1) is 0 Å². The highest BCUT2D eigenvalue weighted by Gasteiger charge is 2.49. The van der Waals surface area contributed by atoms with Crippen LogP contribution in [0.1, 0.15) is 84.5 Å². The molecule has 0 bridgehead atoms. The summed E-state index contributed by atoms with van der Waals surface area (Å²) in [5.41, 5.74) is -0.197. The summed E-state index contributed by atoms with van der Waals surface area (Å²) in [6, 6.07) is -0.739. The van der Waals surface area contributed by atoms with Crippen LogP contribution in [0.4, 0.5) is 0 Å². The van der Waals surface area contributed by atoms with Crippen molar-refractivity contribution in [3.63, 3.8) is 0 Å². The van der Waals surface area contributed by atoms with Crippen molar-refractivity contribution in [3.05, 3.63) is 23.8 Å². The van der Waals surface area contributed by atoms with Gasteiger partial charge in [0.25, 0.3) is 17.7 Å². The van der Waals surface area contributed by atoms with Crippen molar-refractivity contribution in [1.82, 2.24) is 57.7 Å². The smallest absolute Gasteiger partial charge is 0.261 e. The molecule has 21 N–H and O–H groups in total. The van der Waals surface area contributed by atoms with E-state index in [0.29, 0.717) is 12.8 Å². The maximum atomic E-state index is 14.3. The number of aliphatic hydroxyl groups excluding tert-OH is 12. The molecule has 4 aliphatic rings. The molecule has 0 spiro atoms. The lowest BCUT2D eigenvalue weighted by Gasteiger charge is -2.42. The quantitative estimate of drug-likeness (QED) is 0.0269. The lowest BCUT2D eigenvalue weighted by molar-refractivity contribution is -0.272. The molecule has 0 aromatic heterocycles. The topological polar surface area (TPSA) is 656 Å². The normalized spacial score (nSPS) is 26.5. The second kappa shape index (κ2) is 54.8. The van der Waals surface area contributed by atoms with Crippen LogP contribution in [0.2, 0.25) is 0 Å². The second-order valence-electron chi connectivity index (χ2n) is 30.7. The highest BCUT2D eigenvalue weighted by molar-refractivity contribution is 5.95. The van der Waals surface area contributed by atoms with Crippen molar-refractivity contribution < 1.29 is 171 Å². The zero-order valence-corrected chi connectivity index (χ0v) is 69.9. The van der Waals surface area contributed by atoms with Gasteiger partial charge in [0.15, 0.2) is 25.8 Å². The molecular formula is C76H127N11O35. The monoisotopic (exact) mass is 1750 g/mol. The first-order chi connectivity index (χ1) is 58.0. The summed E-state index contributed by atoms with van der Waals surface area (Å²) < 4.78 is 68.5. The van der Waals surface area contributed by atoms with Gasteiger partial charge in [-0.3, -0.25) is 52.7 Å². The Morgan fingerprint density at radius 2 is 0.713 bits per heavy atom. The van der Waals surface area contributed by atoms with Crippen LogP contribution in [-0.2, 0) is 95.3 Å². The van der Waals surface area contributed by atoms with Gasteiger partial charge in [0, 0.05) is 97.1 Å². The van der Waals surface area contributed by atoms with Crippen LogP contribution < -0.4 is 57.3 Å². The van der Waals surface area contributed by atoms with E-state index < -0.39 is 253 Å². The van der Waals surface area contributed by atoms with Crippen LogP contribution in [0.15, 0.2) is 18.2 Å². The molecule has 4 fully saturated rings. The van der Waals surface area contributed by atoms with Crippen molar-refractivity contribution in [1.29, 1.82) is 0 Å². The number of rotatable bonds is 54. The molecule has 122 heavy (non-hydrogen) atoms. The number of nitrogens with one attached hydrogen (secondary N) is 9. The molecule has 46 heteroatoms. The number of hydrogen-bond donors (Lipinski definition) is 21. The molecule has 2 aliphatic heterocycles. The minimum Gasteiger partial charge on any atom is -0.484 e. The fraction of sp³-hybridized carbons (Fsp3) is 0.776. The molecule has 2 aliphatic carbocycles. The summed E-state index contributed by atoms with van der Waals surface area (Å²) in [5.74, 6) is -9.74. The predicted molar refractivity (Wildman–Crippen MR) is 419 cm³/mol. The highest BCUT2D eigenvalue weighted by atomic mass is 16.7. The molecule has 5 rings (SSSR count). The summed E-state index contributed by atoms with van der Waals surface area (Å²) in [4.78, 5) is 146. The van der Waals surface area contributed by atoms with Gasteiger partial charge in [-0.1, -0.05) is 20.8 Å². The Morgan fingerprint density at radius 3 is 1.02 bits per heavy atom. The Kier molecular flexibility index (Phi) is 47.0. The number of amides is 11. The third kappa shape index (κ3) is 36.7. The SMILES string of the molecule is CC(=O)NC1C(OCCOCCNC(=O)CN(CC(=O)NCCOCCOC2CC(CO)C(O)C(O)C2NC(C)=O)C(=O)COc2cc(OCC(=O)N(CC(=O)NCCOCCOC3OC(CO)C(O)C(O)C3NC(C)=O)CC(=O)NCCOCCOC3OC(CO)C(O)C(O)C3NC(C)=O)cc(C(=O)NCCCC(C)(C)C)c2)CC(CO)C(O)C1O.